The minimum absolute atomic E-state index is 0.325. The minimum Gasteiger partial charge on any atom is -0.399 e. The van der Waals surface area contributed by atoms with Crippen LogP contribution < -0.4 is 5.73 Å². The van der Waals surface area contributed by atoms with Gasteiger partial charge in [0.05, 0.1) is 4.90 Å². The molecule has 1 heterocycles. The van der Waals surface area contributed by atoms with Crippen LogP contribution in [0.25, 0.3) is 0 Å². The van der Waals surface area contributed by atoms with Crippen molar-refractivity contribution in [2.24, 2.45) is 0 Å². The molecule has 0 spiro atoms. The predicted molar refractivity (Wildman–Crippen MR) is 71.5 cm³/mol. The third kappa shape index (κ3) is 2.75. The van der Waals surface area contributed by atoms with Gasteiger partial charge in [-0.15, -0.1) is 0 Å². The summed E-state index contributed by atoms with van der Waals surface area (Å²) in [6.07, 6.45) is 0. The van der Waals surface area contributed by atoms with Gasteiger partial charge < -0.3 is 5.73 Å². The van der Waals surface area contributed by atoms with E-state index >= 15 is 0 Å². The molecule has 0 aliphatic carbocycles. The molecule has 1 aliphatic rings. The number of sulfonamides is 1. The number of thioether (sulfide) groups is 1. The average molecular weight is 272 g/mol. The minimum atomic E-state index is -3.35. The molecule has 0 saturated carbocycles. The van der Waals surface area contributed by atoms with Crippen molar-refractivity contribution in [3.63, 3.8) is 0 Å². The highest BCUT2D eigenvalue weighted by Gasteiger charge is 2.28. The van der Waals surface area contributed by atoms with E-state index in [0.717, 1.165) is 5.75 Å². The fraction of sp³-hybridized carbons (Fsp3) is 0.455. The smallest absolute Gasteiger partial charge is 0.243 e. The number of benzene rings is 1. The summed E-state index contributed by atoms with van der Waals surface area (Å²) >= 11 is 1.81. The van der Waals surface area contributed by atoms with E-state index < -0.39 is 10.0 Å². The molecule has 6 heteroatoms. The Morgan fingerprint density at radius 1 is 1.35 bits per heavy atom. The molecule has 1 aromatic carbocycles. The van der Waals surface area contributed by atoms with Crippen LogP contribution in [0.15, 0.2) is 29.2 Å². The number of nitrogens with zero attached hydrogens (tertiary/aromatic N) is 1. The SMILES string of the molecule is C[C@@H]1CN(S(=O)(=O)c2ccc(N)cc2)CCS1. The molecule has 0 unspecified atom stereocenters. The number of hydrogen-bond donors (Lipinski definition) is 1. The lowest BCUT2D eigenvalue weighted by Crippen LogP contribution is -2.40. The highest BCUT2D eigenvalue weighted by Crippen LogP contribution is 2.24. The fourth-order valence-corrected chi connectivity index (χ4v) is 4.55. The van der Waals surface area contributed by atoms with Crippen LogP contribution in [-0.2, 0) is 10.0 Å². The molecule has 1 saturated heterocycles. The second-order valence-electron chi connectivity index (χ2n) is 4.11. The summed E-state index contributed by atoms with van der Waals surface area (Å²) in [5.74, 6) is 0.857. The molecule has 94 valence electrons. The molecule has 1 fully saturated rings. The van der Waals surface area contributed by atoms with Crippen LogP contribution in [0.2, 0.25) is 0 Å². The van der Waals surface area contributed by atoms with Gasteiger partial charge in [-0.25, -0.2) is 8.42 Å². The zero-order chi connectivity index (χ0) is 12.5. The van der Waals surface area contributed by atoms with Gasteiger partial charge in [0, 0.05) is 29.8 Å². The van der Waals surface area contributed by atoms with Crippen molar-refractivity contribution in [2.45, 2.75) is 17.1 Å². The lowest BCUT2D eigenvalue weighted by molar-refractivity contribution is 0.424. The van der Waals surface area contributed by atoms with Crippen LogP contribution in [0.5, 0.6) is 0 Å². The van der Waals surface area contributed by atoms with Crippen molar-refractivity contribution in [1.82, 2.24) is 4.31 Å². The molecule has 17 heavy (non-hydrogen) atoms. The summed E-state index contributed by atoms with van der Waals surface area (Å²) in [5.41, 5.74) is 6.13. The lowest BCUT2D eigenvalue weighted by atomic mass is 10.3. The Kier molecular flexibility index (Phi) is 3.65. The molecule has 1 atom stereocenters. The molecular weight excluding hydrogens is 256 g/mol. The van der Waals surface area contributed by atoms with Gasteiger partial charge in [-0.1, -0.05) is 6.92 Å². The van der Waals surface area contributed by atoms with Crippen molar-refractivity contribution >= 4 is 27.5 Å². The Balaban J connectivity index is 2.26. The van der Waals surface area contributed by atoms with Gasteiger partial charge in [-0.05, 0) is 24.3 Å². The number of hydrogen-bond acceptors (Lipinski definition) is 4. The summed E-state index contributed by atoms with van der Waals surface area (Å²) in [6.45, 7) is 3.22. The Morgan fingerprint density at radius 3 is 2.59 bits per heavy atom. The zero-order valence-corrected chi connectivity index (χ0v) is 11.3. The van der Waals surface area contributed by atoms with E-state index in [2.05, 4.69) is 6.92 Å². The van der Waals surface area contributed by atoms with E-state index in [4.69, 9.17) is 5.73 Å². The normalized spacial score (nSPS) is 22.5. The summed E-state index contributed by atoms with van der Waals surface area (Å²) in [5, 5.41) is 0.354. The molecule has 0 bridgehead atoms. The van der Waals surface area contributed by atoms with E-state index in [-0.39, 0.29) is 0 Å². The maximum atomic E-state index is 12.3. The second-order valence-corrected chi connectivity index (χ2v) is 7.60. The third-order valence-electron chi connectivity index (χ3n) is 2.72. The summed E-state index contributed by atoms with van der Waals surface area (Å²) < 4.78 is 26.2. The number of nitrogen functional groups attached to an aromatic ring is 1. The van der Waals surface area contributed by atoms with E-state index in [0.29, 0.717) is 28.9 Å². The van der Waals surface area contributed by atoms with Crippen molar-refractivity contribution < 1.29 is 8.42 Å². The van der Waals surface area contributed by atoms with Crippen molar-refractivity contribution in [3.05, 3.63) is 24.3 Å². The molecule has 0 radical (unpaired) electrons. The molecule has 1 aromatic rings. The number of anilines is 1. The Bertz CT molecular complexity index is 485. The Hall–Kier alpha value is -0.720. The van der Waals surface area contributed by atoms with Crippen molar-refractivity contribution in [2.75, 3.05) is 24.6 Å². The first-order valence-electron chi connectivity index (χ1n) is 5.47. The Morgan fingerprint density at radius 2 is 2.00 bits per heavy atom. The quantitative estimate of drug-likeness (QED) is 0.827. The van der Waals surface area contributed by atoms with Gasteiger partial charge in [0.15, 0.2) is 0 Å². The highest BCUT2D eigenvalue weighted by atomic mass is 32.2. The number of rotatable bonds is 2. The second kappa shape index (κ2) is 4.88. The highest BCUT2D eigenvalue weighted by molar-refractivity contribution is 8.00. The average Bonchev–Trinajstić information content (AvgIpc) is 2.29. The molecule has 4 nitrogen and oxygen atoms in total. The summed E-state index contributed by atoms with van der Waals surface area (Å²) in [6, 6.07) is 6.37. The van der Waals surface area contributed by atoms with E-state index in [1.165, 1.54) is 0 Å². The lowest BCUT2D eigenvalue weighted by Gasteiger charge is -2.29. The summed E-state index contributed by atoms with van der Waals surface area (Å²) in [7, 11) is -3.35. The first-order valence-corrected chi connectivity index (χ1v) is 7.96. The number of nitrogens with two attached hydrogens (primary N) is 1. The van der Waals surface area contributed by atoms with Crippen molar-refractivity contribution in [1.29, 1.82) is 0 Å². The van der Waals surface area contributed by atoms with Gasteiger partial charge in [-0.3, -0.25) is 0 Å². The molecule has 2 rings (SSSR count). The van der Waals surface area contributed by atoms with E-state index in [1.54, 1.807) is 28.6 Å². The Labute approximate surface area is 106 Å². The maximum absolute atomic E-state index is 12.3. The zero-order valence-electron chi connectivity index (χ0n) is 9.67. The van der Waals surface area contributed by atoms with Gasteiger partial charge in [-0.2, -0.15) is 16.1 Å². The summed E-state index contributed by atoms with van der Waals surface area (Å²) in [4.78, 5) is 0.325. The predicted octanol–water partition coefficient (Wildman–Crippen LogP) is 1.39. The van der Waals surface area contributed by atoms with Gasteiger partial charge in [0.2, 0.25) is 10.0 Å². The largest absolute Gasteiger partial charge is 0.399 e. The monoisotopic (exact) mass is 272 g/mol. The van der Waals surface area contributed by atoms with Crippen LogP contribution in [0, 0.1) is 0 Å². The van der Waals surface area contributed by atoms with Crippen LogP contribution in [0.1, 0.15) is 6.92 Å². The molecular formula is C11H16N2O2S2. The van der Waals surface area contributed by atoms with Crippen LogP contribution >= 0.6 is 11.8 Å². The van der Waals surface area contributed by atoms with Crippen LogP contribution in [0.3, 0.4) is 0 Å². The standard InChI is InChI=1S/C11H16N2O2S2/c1-9-8-13(6-7-16-9)17(14,15)11-4-2-10(12)3-5-11/h2-5,9H,6-8,12H2,1H3/t9-/m1/s1. The maximum Gasteiger partial charge on any atom is 0.243 e. The topological polar surface area (TPSA) is 63.4 Å². The first-order chi connectivity index (χ1) is 8.00. The van der Waals surface area contributed by atoms with Crippen LogP contribution in [0.4, 0.5) is 5.69 Å². The molecule has 2 N–H and O–H groups in total. The van der Waals surface area contributed by atoms with Crippen molar-refractivity contribution in [3.8, 4) is 0 Å². The van der Waals surface area contributed by atoms with E-state index in [9.17, 15) is 8.42 Å². The molecule has 0 aromatic heterocycles. The van der Waals surface area contributed by atoms with Crippen LogP contribution in [-0.4, -0.2) is 36.8 Å². The fourth-order valence-electron chi connectivity index (χ4n) is 1.79. The third-order valence-corrected chi connectivity index (χ3v) is 5.74. The van der Waals surface area contributed by atoms with E-state index in [1.807, 2.05) is 11.8 Å². The molecule has 0 amide bonds. The first kappa shape index (κ1) is 12.7. The van der Waals surface area contributed by atoms with Gasteiger partial charge in [0.1, 0.15) is 0 Å². The molecule has 1 aliphatic heterocycles. The van der Waals surface area contributed by atoms with Gasteiger partial charge in [0.25, 0.3) is 0 Å². The van der Waals surface area contributed by atoms with Gasteiger partial charge >= 0.3 is 0 Å².